The largest absolute Gasteiger partial charge is 0.481 e. The van der Waals surface area contributed by atoms with E-state index in [1.807, 2.05) is 20.8 Å². The summed E-state index contributed by atoms with van der Waals surface area (Å²) in [7, 11) is 1.75. The molecule has 0 bridgehead atoms. The van der Waals surface area contributed by atoms with Gasteiger partial charge in [-0.2, -0.15) is 0 Å². The standard InChI is InChI=1S/C15H28N2O4/c1-15(2,3)17(9-8-13(18)19)14(20)16(4)11-12-7-5-6-10-21-12/h12H,5-11H2,1-4H3,(H,18,19). The average molecular weight is 300 g/mol. The van der Waals surface area contributed by atoms with Crippen LogP contribution in [0.4, 0.5) is 4.79 Å². The zero-order chi connectivity index (χ0) is 16.0. The van der Waals surface area contributed by atoms with Gasteiger partial charge in [-0.15, -0.1) is 0 Å². The molecular formula is C15H28N2O4. The minimum atomic E-state index is -0.893. The zero-order valence-electron chi connectivity index (χ0n) is 13.6. The highest BCUT2D eigenvalue weighted by atomic mass is 16.5. The third-order valence-electron chi connectivity index (χ3n) is 3.67. The normalized spacial score (nSPS) is 19.1. The van der Waals surface area contributed by atoms with Crippen molar-refractivity contribution in [1.82, 2.24) is 9.80 Å². The molecule has 1 atom stereocenters. The summed E-state index contributed by atoms with van der Waals surface area (Å²) >= 11 is 0. The van der Waals surface area contributed by atoms with Gasteiger partial charge in [0.05, 0.1) is 12.5 Å². The SMILES string of the molecule is CN(CC1CCCCO1)C(=O)N(CCC(=O)O)C(C)(C)C. The van der Waals surface area contributed by atoms with E-state index in [0.29, 0.717) is 6.54 Å². The summed E-state index contributed by atoms with van der Waals surface area (Å²) in [6, 6.07) is -0.141. The van der Waals surface area contributed by atoms with E-state index in [9.17, 15) is 9.59 Å². The Morgan fingerprint density at radius 1 is 1.29 bits per heavy atom. The Hall–Kier alpha value is -1.30. The van der Waals surface area contributed by atoms with E-state index in [1.165, 1.54) is 0 Å². The molecule has 1 N–H and O–H groups in total. The van der Waals surface area contributed by atoms with Crippen molar-refractivity contribution in [3.05, 3.63) is 0 Å². The second-order valence-corrected chi connectivity index (χ2v) is 6.62. The quantitative estimate of drug-likeness (QED) is 0.845. The first-order valence-corrected chi connectivity index (χ1v) is 7.58. The first-order valence-electron chi connectivity index (χ1n) is 7.58. The summed E-state index contributed by atoms with van der Waals surface area (Å²) in [5.74, 6) is -0.893. The summed E-state index contributed by atoms with van der Waals surface area (Å²) in [6.07, 6.45) is 3.24. The molecule has 6 heteroatoms. The molecular weight excluding hydrogens is 272 g/mol. The molecule has 1 unspecified atom stereocenters. The highest BCUT2D eigenvalue weighted by Crippen LogP contribution is 2.18. The lowest BCUT2D eigenvalue weighted by Gasteiger charge is -2.39. The molecule has 0 aromatic heterocycles. The molecule has 0 aromatic rings. The van der Waals surface area contributed by atoms with Gasteiger partial charge in [-0.1, -0.05) is 0 Å². The molecule has 1 rings (SSSR count). The van der Waals surface area contributed by atoms with Crippen LogP contribution in [-0.4, -0.2) is 65.3 Å². The molecule has 1 heterocycles. The number of hydrogen-bond donors (Lipinski definition) is 1. The number of ether oxygens (including phenoxy) is 1. The number of carbonyl (C=O) groups excluding carboxylic acids is 1. The molecule has 0 saturated carbocycles. The molecule has 1 fully saturated rings. The number of likely N-dealkylation sites (N-methyl/N-ethyl adjacent to an activating group) is 1. The van der Waals surface area contributed by atoms with E-state index in [4.69, 9.17) is 9.84 Å². The lowest BCUT2D eigenvalue weighted by molar-refractivity contribution is -0.137. The fourth-order valence-electron chi connectivity index (χ4n) is 2.47. The predicted octanol–water partition coefficient (Wildman–Crippen LogP) is 2.18. The fraction of sp³-hybridized carbons (Fsp3) is 0.867. The van der Waals surface area contributed by atoms with Gasteiger partial charge in [0.2, 0.25) is 0 Å². The third kappa shape index (κ3) is 5.91. The Bertz CT molecular complexity index is 359. The second kappa shape index (κ2) is 7.64. The first-order chi connectivity index (χ1) is 9.71. The molecule has 1 saturated heterocycles. The minimum absolute atomic E-state index is 0.0449. The van der Waals surface area contributed by atoms with Crippen molar-refractivity contribution in [2.24, 2.45) is 0 Å². The van der Waals surface area contributed by atoms with Crippen LogP contribution < -0.4 is 0 Å². The van der Waals surface area contributed by atoms with Gasteiger partial charge in [0.25, 0.3) is 0 Å². The lowest BCUT2D eigenvalue weighted by atomic mass is 10.1. The maximum atomic E-state index is 12.6. The van der Waals surface area contributed by atoms with Gasteiger partial charge in [-0.3, -0.25) is 4.79 Å². The highest BCUT2D eigenvalue weighted by molar-refractivity contribution is 5.76. The van der Waals surface area contributed by atoms with Crippen molar-refractivity contribution in [1.29, 1.82) is 0 Å². The Labute approximate surface area is 127 Å². The van der Waals surface area contributed by atoms with E-state index in [0.717, 1.165) is 25.9 Å². The van der Waals surface area contributed by atoms with Crippen LogP contribution in [-0.2, 0) is 9.53 Å². The average Bonchev–Trinajstić information content (AvgIpc) is 2.37. The minimum Gasteiger partial charge on any atom is -0.481 e. The van der Waals surface area contributed by atoms with Crippen molar-refractivity contribution >= 4 is 12.0 Å². The molecule has 2 amide bonds. The molecule has 6 nitrogen and oxygen atoms in total. The molecule has 0 aromatic carbocycles. The van der Waals surface area contributed by atoms with Crippen molar-refractivity contribution in [2.45, 2.75) is 58.1 Å². The number of urea groups is 1. The van der Waals surface area contributed by atoms with Gasteiger partial charge in [0.15, 0.2) is 0 Å². The zero-order valence-corrected chi connectivity index (χ0v) is 13.6. The van der Waals surface area contributed by atoms with Crippen molar-refractivity contribution in [2.75, 3.05) is 26.7 Å². The van der Waals surface area contributed by atoms with Crippen LogP contribution >= 0.6 is 0 Å². The summed E-state index contributed by atoms with van der Waals surface area (Å²) in [4.78, 5) is 26.6. The number of nitrogens with zero attached hydrogens (tertiary/aromatic N) is 2. The Morgan fingerprint density at radius 3 is 2.43 bits per heavy atom. The van der Waals surface area contributed by atoms with E-state index in [2.05, 4.69) is 0 Å². The maximum absolute atomic E-state index is 12.6. The number of hydrogen-bond acceptors (Lipinski definition) is 3. The van der Waals surface area contributed by atoms with Gasteiger partial charge < -0.3 is 19.6 Å². The number of amides is 2. The van der Waals surface area contributed by atoms with Crippen molar-refractivity contribution in [3.63, 3.8) is 0 Å². The molecule has 0 aliphatic carbocycles. The third-order valence-corrected chi connectivity index (χ3v) is 3.67. The topological polar surface area (TPSA) is 70.1 Å². The molecule has 0 radical (unpaired) electrons. The van der Waals surface area contributed by atoms with Crippen LogP contribution in [0.15, 0.2) is 0 Å². The van der Waals surface area contributed by atoms with Crippen LogP contribution in [0.2, 0.25) is 0 Å². The van der Waals surface area contributed by atoms with Crippen LogP contribution in [0.1, 0.15) is 46.5 Å². The van der Waals surface area contributed by atoms with Crippen LogP contribution in [0.5, 0.6) is 0 Å². The maximum Gasteiger partial charge on any atom is 0.320 e. The summed E-state index contributed by atoms with van der Waals surface area (Å²) in [5, 5.41) is 8.84. The Kier molecular flexibility index (Phi) is 6.45. The predicted molar refractivity (Wildman–Crippen MR) is 80.3 cm³/mol. The molecule has 1 aliphatic rings. The monoisotopic (exact) mass is 300 g/mol. The van der Waals surface area contributed by atoms with Crippen LogP contribution in [0, 0.1) is 0 Å². The first kappa shape index (κ1) is 17.8. The van der Waals surface area contributed by atoms with Crippen LogP contribution in [0.3, 0.4) is 0 Å². The Balaban J connectivity index is 2.62. The second-order valence-electron chi connectivity index (χ2n) is 6.62. The molecule has 0 spiro atoms. The van der Waals surface area contributed by atoms with Gasteiger partial charge in [-0.25, -0.2) is 4.79 Å². The van der Waals surface area contributed by atoms with Gasteiger partial charge >= 0.3 is 12.0 Å². The van der Waals surface area contributed by atoms with Crippen molar-refractivity contribution in [3.8, 4) is 0 Å². The molecule has 1 aliphatic heterocycles. The van der Waals surface area contributed by atoms with E-state index in [1.54, 1.807) is 16.8 Å². The fourth-order valence-corrected chi connectivity index (χ4v) is 2.47. The number of rotatable bonds is 5. The summed E-state index contributed by atoms with van der Waals surface area (Å²) < 4.78 is 5.66. The van der Waals surface area contributed by atoms with E-state index in [-0.39, 0.29) is 25.1 Å². The number of carboxylic acid groups (broad SMARTS) is 1. The van der Waals surface area contributed by atoms with Gasteiger partial charge in [0, 0.05) is 32.3 Å². The van der Waals surface area contributed by atoms with Crippen LogP contribution in [0.25, 0.3) is 0 Å². The lowest BCUT2D eigenvalue weighted by Crippen LogP contribution is -2.53. The highest BCUT2D eigenvalue weighted by Gasteiger charge is 2.30. The summed E-state index contributed by atoms with van der Waals surface area (Å²) in [6.45, 7) is 7.27. The van der Waals surface area contributed by atoms with E-state index >= 15 is 0 Å². The van der Waals surface area contributed by atoms with Crippen molar-refractivity contribution < 1.29 is 19.4 Å². The Morgan fingerprint density at radius 2 is 1.95 bits per heavy atom. The number of aliphatic carboxylic acids is 1. The van der Waals surface area contributed by atoms with Gasteiger partial charge in [0.1, 0.15) is 0 Å². The molecule has 21 heavy (non-hydrogen) atoms. The van der Waals surface area contributed by atoms with Gasteiger partial charge in [-0.05, 0) is 40.0 Å². The molecule has 122 valence electrons. The smallest absolute Gasteiger partial charge is 0.320 e. The van der Waals surface area contributed by atoms with E-state index < -0.39 is 11.5 Å². The summed E-state index contributed by atoms with van der Waals surface area (Å²) in [5.41, 5.74) is -0.409. The number of carboxylic acids is 1. The number of carbonyl (C=O) groups is 2.